The van der Waals surface area contributed by atoms with Crippen molar-refractivity contribution >= 4 is 12.0 Å². The Morgan fingerprint density at radius 1 is 1.29 bits per heavy atom. The maximum atomic E-state index is 11.9. The SMILES string of the molecule is CN(C(=O)NCCC(=O)O)C(C1CC1)C1CC1. The molecule has 0 spiro atoms. The third kappa shape index (κ3) is 3.35. The van der Waals surface area contributed by atoms with Crippen LogP contribution in [0.25, 0.3) is 0 Å². The minimum Gasteiger partial charge on any atom is -0.481 e. The van der Waals surface area contributed by atoms with Gasteiger partial charge in [0.2, 0.25) is 0 Å². The van der Waals surface area contributed by atoms with Crippen LogP contribution in [0, 0.1) is 11.8 Å². The van der Waals surface area contributed by atoms with Crippen molar-refractivity contribution in [2.45, 2.75) is 38.1 Å². The molecule has 0 aromatic heterocycles. The molecule has 0 aliphatic heterocycles. The van der Waals surface area contributed by atoms with Gasteiger partial charge in [-0.15, -0.1) is 0 Å². The molecule has 0 bridgehead atoms. The van der Waals surface area contributed by atoms with E-state index in [1.54, 1.807) is 4.90 Å². The van der Waals surface area contributed by atoms with Gasteiger partial charge < -0.3 is 15.3 Å². The number of nitrogens with zero attached hydrogens (tertiary/aromatic N) is 1. The second kappa shape index (κ2) is 4.94. The van der Waals surface area contributed by atoms with E-state index in [9.17, 15) is 9.59 Å². The van der Waals surface area contributed by atoms with Crippen LogP contribution in [-0.2, 0) is 4.79 Å². The predicted molar refractivity (Wildman–Crippen MR) is 62.7 cm³/mol. The van der Waals surface area contributed by atoms with Crippen LogP contribution < -0.4 is 5.32 Å². The number of amides is 2. The Morgan fingerprint density at radius 2 is 1.82 bits per heavy atom. The predicted octanol–water partition coefficient (Wildman–Crippen LogP) is 1.29. The first-order chi connectivity index (χ1) is 8.09. The molecule has 5 nitrogen and oxygen atoms in total. The molecule has 0 aromatic rings. The fraction of sp³-hybridized carbons (Fsp3) is 0.833. The number of hydrogen-bond donors (Lipinski definition) is 2. The van der Waals surface area contributed by atoms with Crippen molar-refractivity contribution < 1.29 is 14.7 Å². The number of carboxylic acid groups (broad SMARTS) is 1. The van der Waals surface area contributed by atoms with Gasteiger partial charge in [0.15, 0.2) is 0 Å². The number of aliphatic carboxylic acids is 1. The highest BCUT2D eigenvalue weighted by atomic mass is 16.4. The van der Waals surface area contributed by atoms with Crippen molar-refractivity contribution in [1.82, 2.24) is 10.2 Å². The lowest BCUT2D eigenvalue weighted by Crippen LogP contribution is -2.46. The van der Waals surface area contributed by atoms with Gasteiger partial charge in [-0.25, -0.2) is 4.79 Å². The molecule has 0 saturated heterocycles. The van der Waals surface area contributed by atoms with Crippen LogP contribution in [0.2, 0.25) is 0 Å². The van der Waals surface area contributed by atoms with Gasteiger partial charge >= 0.3 is 12.0 Å². The molecule has 2 saturated carbocycles. The van der Waals surface area contributed by atoms with E-state index in [4.69, 9.17) is 5.11 Å². The summed E-state index contributed by atoms with van der Waals surface area (Å²) >= 11 is 0. The Bertz CT molecular complexity index is 299. The van der Waals surface area contributed by atoms with Crippen molar-refractivity contribution in [3.8, 4) is 0 Å². The number of hydrogen-bond acceptors (Lipinski definition) is 2. The number of urea groups is 1. The Kier molecular flexibility index (Phi) is 3.54. The van der Waals surface area contributed by atoms with Gasteiger partial charge in [-0.05, 0) is 37.5 Å². The molecule has 0 heterocycles. The zero-order valence-corrected chi connectivity index (χ0v) is 10.2. The van der Waals surface area contributed by atoms with Crippen LogP contribution in [0.15, 0.2) is 0 Å². The van der Waals surface area contributed by atoms with E-state index in [0.29, 0.717) is 17.9 Å². The zero-order chi connectivity index (χ0) is 12.4. The molecule has 17 heavy (non-hydrogen) atoms. The number of carbonyl (C=O) groups excluding carboxylic acids is 1. The van der Waals surface area contributed by atoms with Crippen LogP contribution in [-0.4, -0.2) is 41.6 Å². The van der Waals surface area contributed by atoms with E-state index in [-0.39, 0.29) is 19.0 Å². The number of nitrogens with one attached hydrogen (secondary N) is 1. The first-order valence-corrected chi connectivity index (χ1v) is 6.32. The van der Waals surface area contributed by atoms with E-state index in [0.717, 1.165) is 0 Å². The molecule has 0 atom stereocenters. The van der Waals surface area contributed by atoms with Crippen molar-refractivity contribution in [1.29, 1.82) is 0 Å². The second-order valence-corrected chi connectivity index (χ2v) is 5.15. The molecule has 2 fully saturated rings. The van der Waals surface area contributed by atoms with E-state index < -0.39 is 5.97 Å². The summed E-state index contributed by atoms with van der Waals surface area (Å²) in [7, 11) is 1.83. The molecule has 2 rings (SSSR count). The smallest absolute Gasteiger partial charge is 0.317 e. The fourth-order valence-corrected chi connectivity index (χ4v) is 2.43. The Morgan fingerprint density at radius 3 is 2.24 bits per heavy atom. The average Bonchev–Trinajstić information content (AvgIpc) is 3.11. The summed E-state index contributed by atoms with van der Waals surface area (Å²) in [6.07, 6.45) is 4.90. The Balaban J connectivity index is 1.78. The maximum Gasteiger partial charge on any atom is 0.317 e. The molecule has 0 aromatic carbocycles. The largest absolute Gasteiger partial charge is 0.481 e. The summed E-state index contributed by atoms with van der Waals surface area (Å²) in [5.74, 6) is 0.476. The molecule has 2 amide bonds. The highest BCUT2D eigenvalue weighted by Crippen LogP contribution is 2.46. The highest BCUT2D eigenvalue weighted by molar-refractivity contribution is 5.75. The van der Waals surface area contributed by atoms with E-state index >= 15 is 0 Å². The van der Waals surface area contributed by atoms with Crippen LogP contribution in [0.5, 0.6) is 0 Å². The molecule has 2 N–H and O–H groups in total. The first kappa shape index (κ1) is 12.2. The second-order valence-electron chi connectivity index (χ2n) is 5.15. The number of carboxylic acids is 1. The lowest BCUT2D eigenvalue weighted by atomic mass is 10.1. The number of rotatable bonds is 6. The molecule has 2 aliphatic rings. The molecule has 0 unspecified atom stereocenters. The molecular formula is C12H20N2O3. The summed E-state index contributed by atoms with van der Waals surface area (Å²) in [5, 5.41) is 11.2. The Labute approximate surface area is 101 Å². The summed E-state index contributed by atoms with van der Waals surface area (Å²) < 4.78 is 0. The average molecular weight is 240 g/mol. The van der Waals surface area contributed by atoms with E-state index in [1.165, 1.54) is 25.7 Å². The third-order valence-electron chi connectivity index (χ3n) is 3.59. The van der Waals surface area contributed by atoms with Crippen molar-refractivity contribution in [2.75, 3.05) is 13.6 Å². The molecular weight excluding hydrogens is 220 g/mol. The fourth-order valence-electron chi connectivity index (χ4n) is 2.43. The van der Waals surface area contributed by atoms with Crippen molar-refractivity contribution in [3.05, 3.63) is 0 Å². The van der Waals surface area contributed by atoms with Gasteiger partial charge in [-0.2, -0.15) is 0 Å². The van der Waals surface area contributed by atoms with Gasteiger partial charge in [0.1, 0.15) is 0 Å². The third-order valence-corrected chi connectivity index (χ3v) is 3.59. The minimum absolute atomic E-state index is 0.0168. The van der Waals surface area contributed by atoms with Crippen LogP contribution >= 0.6 is 0 Å². The standard InChI is InChI=1S/C12H20N2O3/c1-14(12(17)13-7-6-10(15)16)11(8-2-3-8)9-4-5-9/h8-9,11H,2-7H2,1H3,(H,13,17)(H,15,16). The van der Waals surface area contributed by atoms with Gasteiger partial charge in [0, 0.05) is 19.6 Å². The van der Waals surface area contributed by atoms with Crippen molar-refractivity contribution in [2.24, 2.45) is 11.8 Å². The number of carbonyl (C=O) groups is 2. The summed E-state index contributed by atoms with van der Waals surface area (Å²) in [6, 6.07) is 0.245. The molecule has 0 radical (unpaired) electrons. The molecule has 96 valence electrons. The summed E-state index contributed by atoms with van der Waals surface area (Å²) in [5.41, 5.74) is 0. The quantitative estimate of drug-likeness (QED) is 0.735. The summed E-state index contributed by atoms with van der Waals surface area (Å²) in [4.78, 5) is 24.0. The van der Waals surface area contributed by atoms with Gasteiger partial charge in [0.05, 0.1) is 6.42 Å². The topological polar surface area (TPSA) is 69.6 Å². The Hall–Kier alpha value is -1.26. The first-order valence-electron chi connectivity index (χ1n) is 6.32. The maximum absolute atomic E-state index is 11.9. The molecule has 5 heteroatoms. The van der Waals surface area contributed by atoms with Crippen molar-refractivity contribution in [3.63, 3.8) is 0 Å². The van der Waals surface area contributed by atoms with Crippen LogP contribution in [0.4, 0.5) is 4.79 Å². The van der Waals surface area contributed by atoms with Crippen LogP contribution in [0.1, 0.15) is 32.1 Å². The normalized spacial score (nSPS) is 19.2. The lowest BCUT2D eigenvalue weighted by molar-refractivity contribution is -0.136. The summed E-state index contributed by atoms with van der Waals surface area (Å²) in [6.45, 7) is 0.209. The van der Waals surface area contributed by atoms with Gasteiger partial charge in [-0.1, -0.05) is 0 Å². The minimum atomic E-state index is -0.881. The monoisotopic (exact) mass is 240 g/mol. The highest BCUT2D eigenvalue weighted by Gasteiger charge is 2.44. The van der Waals surface area contributed by atoms with Crippen LogP contribution in [0.3, 0.4) is 0 Å². The zero-order valence-electron chi connectivity index (χ0n) is 10.2. The van der Waals surface area contributed by atoms with E-state index in [2.05, 4.69) is 5.32 Å². The van der Waals surface area contributed by atoms with Gasteiger partial charge in [0.25, 0.3) is 0 Å². The van der Waals surface area contributed by atoms with E-state index in [1.807, 2.05) is 7.05 Å². The van der Waals surface area contributed by atoms with Gasteiger partial charge in [-0.3, -0.25) is 4.79 Å². The lowest BCUT2D eigenvalue weighted by Gasteiger charge is -2.28. The molecule has 2 aliphatic carbocycles.